The lowest BCUT2D eigenvalue weighted by molar-refractivity contribution is -0.305. The monoisotopic (exact) mass is 292 g/mol. The Labute approximate surface area is 124 Å². The summed E-state index contributed by atoms with van der Waals surface area (Å²) in [6, 6.07) is -0.215. The number of nitrogens with one attached hydrogen (secondary N) is 2. The first-order valence-electron chi connectivity index (χ1n) is 6.81. The van der Waals surface area contributed by atoms with Crippen molar-refractivity contribution in [2.75, 3.05) is 7.05 Å². The van der Waals surface area contributed by atoms with Gasteiger partial charge in [-0.15, -0.1) is 6.58 Å². The van der Waals surface area contributed by atoms with Gasteiger partial charge in [-0.1, -0.05) is 6.08 Å². The van der Waals surface area contributed by atoms with Crippen molar-refractivity contribution < 1.29 is 15.0 Å². The van der Waals surface area contributed by atoms with Crippen LogP contribution in [0.25, 0.3) is 0 Å². The summed E-state index contributed by atoms with van der Waals surface area (Å²) in [4.78, 5) is 14.7. The van der Waals surface area contributed by atoms with Crippen LogP contribution >= 0.6 is 0 Å². The van der Waals surface area contributed by atoms with Crippen LogP contribution in [0.2, 0.25) is 0 Å². The molecule has 0 aliphatic rings. The minimum absolute atomic E-state index is 0.0551. The van der Waals surface area contributed by atoms with Gasteiger partial charge in [-0.05, 0) is 39.3 Å². The maximum Gasteiger partial charge on any atom is 0.143 e. The van der Waals surface area contributed by atoms with Crippen LogP contribution in [0, 0.1) is 13.8 Å². The number of nitrogens with zero attached hydrogens (tertiary/aromatic N) is 1. The molecule has 3 N–H and O–H groups in total. The summed E-state index contributed by atoms with van der Waals surface area (Å²) in [6.07, 6.45) is 3.32. The summed E-state index contributed by atoms with van der Waals surface area (Å²) in [5, 5.41) is 27.1. The molecule has 0 fully saturated rings. The number of carbonyl (C=O) groups is 1. The average molecular weight is 292 g/mol. The molecular weight excluding hydrogens is 270 g/mol. The number of carbonyl (C=O) groups excluding carboxylic acids is 1. The number of carboxylic acids is 1. The summed E-state index contributed by atoms with van der Waals surface area (Å²) in [5.41, 5.74) is 2.08. The molecule has 0 spiro atoms. The lowest BCUT2D eigenvalue weighted by Gasteiger charge is -2.26. The molecule has 0 saturated carbocycles. The van der Waals surface area contributed by atoms with Gasteiger partial charge in [-0.3, -0.25) is 10.3 Å². The molecule has 116 valence electrons. The van der Waals surface area contributed by atoms with Crippen molar-refractivity contribution in [1.82, 2.24) is 15.6 Å². The zero-order valence-electron chi connectivity index (χ0n) is 12.6. The number of aryl methyl sites for hydroxylation is 2. The number of hydrogen-bond acceptors (Lipinski definition) is 6. The van der Waals surface area contributed by atoms with Gasteiger partial charge in [-0.25, -0.2) is 0 Å². The van der Waals surface area contributed by atoms with Crippen LogP contribution in [-0.2, 0) is 4.79 Å². The first kappa shape index (κ1) is 17.1. The minimum Gasteiger partial charge on any atom is -0.550 e. The number of pyridine rings is 1. The lowest BCUT2D eigenvalue weighted by Crippen LogP contribution is -2.39. The van der Waals surface area contributed by atoms with Crippen molar-refractivity contribution in [3.63, 3.8) is 0 Å². The molecule has 0 aromatic carbocycles. The molecule has 0 radical (unpaired) electrons. The molecule has 1 heterocycles. The number of aromatic nitrogens is 1. The molecule has 1 aromatic heterocycles. The van der Waals surface area contributed by atoms with E-state index in [0.717, 1.165) is 5.56 Å². The van der Waals surface area contributed by atoms with E-state index >= 15 is 0 Å². The molecule has 0 saturated heterocycles. The van der Waals surface area contributed by atoms with Crippen LogP contribution < -0.4 is 15.7 Å². The Morgan fingerprint density at radius 1 is 1.57 bits per heavy atom. The Morgan fingerprint density at radius 2 is 2.24 bits per heavy atom. The van der Waals surface area contributed by atoms with E-state index in [0.29, 0.717) is 17.7 Å². The highest BCUT2D eigenvalue weighted by molar-refractivity contribution is 5.64. The van der Waals surface area contributed by atoms with Crippen LogP contribution in [-0.4, -0.2) is 29.1 Å². The SMILES string of the molecule is C=CC(CCC(=O)[O-])NC(NC)c1c(C)cnc(C)c1O. The summed E-state index contributed by atoms with van der Waals surface area (Å²) in [7, 11) is 1.76. The Kier molecular flexibility index (Phi) is 6.33. The van der Waals surface area contributed by atoms with E-state index in [4.69, 9.17) is 0 Å². The van der Waals surface area contributed by atoms with Crippen LogP contribution in [0.1, 0.15) is 35.8 Å². The minimum atomic E-state index is -1.09. The first-order valence-corrected chi connectivity index (χ1v) is 6.81. The van der Waals surface area contributed by atoms with Gasteiger partial charge in [0.2, 0.25) is 0 Å². The topological polar surface area (TPSA) is 97.3 Å². The zero-order valence-corrected chi connectivity index (χ0v) is 12.6. The molecule has 0 bridgehead atoms. The molecule has 0 aliphatic carbocycles. The second kappa shape index (κ2) is 7.75. The predicted molar refractivity (Wildman–Crippen MR) is 78.5 cm³/mol. The molecule has 0 amide bonds. The fourth-order valence-electron chi connectivity index (χ4n) is 2.14. The molecule has 1 aromatic rings. The maximum absolute atomic E-state index is 10.6. The summed E-state index contributed by atoms with van der Waals surface area (Å²) in [6.45, 7) is 7.29. The number of rotatable bonds is 8. The van der Waals surface area contributed by atoms with Gasteiger partial charge in [0.05, 0.1) is 11.9 Å². The number of aromatic hydroxyl groups is 1. The fraction of sp³-hybridized carbons (Fsp3) is 0.467. The van der Waals surface area contributed by atoms with Crippen molar-refractivity contribution in [2.24, 2.45) is 0 Å². The quantitative estimate of drug-likeness (QED) is 0.471. The number of carboxylic acid groups (broad SMARTS) is 1. The maximum atomic E-state index is 10.6. The smallest absolute Gasteiger partial charge is 0.143 e. The van der Waals surface area contributed by atoms with Crippen molar-refractivity contribution in [3.8, 4) is 5.75 Å². The largest absolute Gasteiger partial charge is 0.550 e. The van der Waals surface area contributed by atoms with Gasteiger partial charge in [0, 0.05) is 23.8 Å². The van der Waals surface area contributed by atoms with Gasteiger partial charge in [0.15, 0.2) is 0 Å². The van der Waals surface area contributed by atoms with Gasteiger partial charge < -0.3 is 20.3 Å². The number of aliphatic carboxylic acids is 1. The third-order valence-electron chi connectivity index (χ3n) is 3.38. The Morgan fingerprint density at radius 3 is 2.76 bits per heavy atom. The van der Waals surface area contributed by atoms with Crippen LogP contribution in [0.5, 0.6) is 5.75 Å². The molecule has 2 unspecified atom stereocenters. The molecule has 1 rings (SSSR count). The van der Waals surface area contributed by atoms with E-state index in [9.17, 15) is 15.0 Å². The van der Waals surface area contributed by atoms with E-state index in [1.807, 2.05) is 6.92 Å². The summed E-state index contributed by atoms with van der Waals surface area (Å²) in [5.74, 6) is -0.965. The zero-order chi connectivity index (χ0) is 16.0. The van der Waals surface area contributed by atoms with Crippen LogP contribution in [0.15, 0.2) is 18.9 Å². The predicted octanol–water partition coefficient (Wildman–Crippen LogP) is 0.296. The highest BCUT2D eigenvalue weighted by atomic mass is 16.4. The summed E-state index contributed by atoms with van der Waals surface area (Å²) < 4.78 is 0. The third-order valence-corrected chi connectivity index (χ3v) is 3.38. The second-order valence-electron chi connectivity index (χ2n) is 4.93. The Hall–Kier alpha value is -1.92. The van der Waals surface area contributed by atoms with E-state index < -0.39 is 5.97 Å². The molecular formula is C15H22N3O3-. The molecule has 6 nitrogen and oxygen atoms in total. The average Bonchev–Trinajstić information content (AvgIpc) is 2.45. The van der Waals surface area contributed by atoms with Crippen molar-refractivity contribution in [2.45, 2.75) is 38.9 Å². The van der Waals surface area contributed by atoms with Crippen molar-refractivity contribution >= 4 is 5.97 Å². The van der Waals surface area contributed by atoms with Gasteiger partial charge >= 0.3 is 0 Å². The number of hydrogen-bond donors (Lipinski definition) is 3. The van der Waals surface area contributed by atoms with Crippen LogP contribution in [0.4, 0.5) is 0 Å². The normalized spacial score (nSPS) is 13.7. The van der Waals surface area contributed by atoms with E-state index in [1.165, 1.54) is 0 Å². The van der Waals surface area contributed by atoms with Gasteiger partial charge in [0.25, 0.3) is 0 Å². The van der Waals surface area contributed by atoms with Crippen molar-refractivity contribution in [1.29, 1.82) is 0 Å². The van der Waals surface area contributed by atoms with Gasteiger partial charge in [-0.2, -0.15) is 0 Å². The molecule has 21 heavy (non-hydrogen) atoms. The highest BCUT2D eigenvalue weighted by Crippen LogP contribution is 2.28. The first-order chi connectivity index (χ1) is 9.90. The molecule has 6 heteroatoms. The van der Waals surface area contributed by atoms with Crippen molar-refractivity contribution in [3.05, 3.63) is 35.7 Å². The fourth-order valence-corrected chi connectivity index (χ4v) is 2.14. The van der Waals surface area contributed by atoms with E-state index in [-0.39, 0.29) is 24.4 Å². The van der Waals surface area contributed by atoms with Crippen LogP contribution in [0.3, 0.4) is 0 Å². The molecule has 0 aliphatic heterocycles. The van der Waals surface area contributed by atoms with E-state index in [1.54, 1.807) is 26.2 Å². The van der Waals surface area contributed by atoms with E-state index in [2.05, 4.69) is 22.2 Å². The van der Waals surface area contributed by atoms with Gasteiger partial charge in [0.1, 0.15) is 5.75 Å². The second-order valence-corrected chi connectivity index (χ2v) is 4.93. The molecule has 2 atom stereocenters. The Bertz CT molecular complexity index is 517. The summed E-state index contributed by atoms with van der Waals surface area (Å²) >= 11 is 0. The third kappa shape index (κ3) is 4.54. The standard InChI is InChI=1S/C15H23N3O3/c1-5-11(6-7-12(19)20)18-15(16-4)13-9(2)8-17-10(3)14(13)21/h5,8,11,15-16,18,21H,1,6-7H2,2-4H3,(H,19,20)/p-1. The highest BCUT2D eigenvalue weighted by Gasteiger charge is 2.20. The Balaban J connectivity index is 2.95. The lowest BCUT2D eigenvalue weighted by atomic mass is 10.0.